The molecule has 2 rings (SSSR count). The highest BCUT2D eigenvalue weighted by Gasteiger charge is 2.35. The van der Waals surface area contributed by atoms with E-state index in [0.29, 0.717) is 11.3 Å². The summed E-state index contributed by atoms with van der Waals surface area (Å²) in [6.45, 7) is 12.5. The van der Waals surface area contributed by atoms with Crippen molar-refractivity contribution in [2.75, 3.05) is 0 Å². The number of carbonyl (C=O) groups is 2. The lowest BCUT2D eigenvalue weighted by molar-refractivity contribution is -0.171. The van der Waals surface area contributed by atoms with Crippen LogP contribution in [0.3, 0.4) is 0 Å². The number of hydrogen-bond acceptors (Lipinski definition) is 4. The van der Waals surface area contributed by atoms with Crippen LogP contribution in [0.4, 0.5) is 4.39 Å². The number of carbonyl (C=O) groups excluding carboxylic acids is 2. The fraction of sp³-hybridized carbons (Fsp3) is 0.360. The van der Waals surface area contributed by atoms with Crippen molar-refractivity contribution in [3.05, 3.63) is 70.5 Å². The first-order valence-corrected chi connectivity index (χ1v) is 9.80. The molecule has 0 spiro atoms. The van der Waals surface area contributed by atoms with Gasteiger partial charge in [-0.1, -0.05) is 6.08 Å². The molecule has 0 aliphatic heterocycles. The molecule has 0 saturated heterocycles. The van der Waals surface area contributed by atoms with E-state index in [4.69, 9.17) is 9.47 Å². The number of ketones is 1. The van der Waals surface area contributed by atoms with Crippen LogP contribution >= 0.6 is 0 Å². The van der Waals surface area contributed by atoms with Crippen LogP contribution in [-0.2, 0) is 9.53 Å². The molecule has 0 radical (unpaired) electrons. The SMILES string of the molecule is Cc1cc(/C=C/C(=O)c2ccc(F)cc2)cc(C)c1OC(C)(C)C(=O)OC(C)(C)C. The Morgan fingerprint density at radius 1 is 0.933 bits per heavy atom. The first-order valence-electron chi connectivity index (χ1n) is 9.80. The molecule has 0 atom stereocenters. The van der Waals surface area contributed by atoms with Crippen LogP contribution in [0.5, 0.6) is 5.75 Å². The maximum Gasteiger partial charge on any atom is 0.350 e. The van der Waals surface area contributed by atoms with Gasteiger partial charge in [0.25, 0.3) is 0 Å². The first kappa shape index (κ1) is 23.3. The summed E-state index contributed by atoms with van der Waals surface area (Å²) in [4.78, 5) is 24.7. The van der Waals surface area contributed by atoms with Crippen LogP contribution in [0.15, 0.2) is 42.5 Å². The smallest absolute Gasteiger partial charge is 0.350 e. The summed E-state index contributed by atoms with van der Waals surface area (Å²) in [5, 5.41) is 0. The van der Waals surface area contributed by atoms with Crippen LogP contribution in [0.25, 0.3) is 6.08 Å². The molecule has 30 heavy (non-hydrogen) atoms. The molecule has 0 saturated carbocycles. The van der Waals surface area contributed by atoms with E-state index in [0.717, 1.165) is 16.7 Å². The van der Waals surface area contributed by atoms with Gasteiger partial charge in [-0.3, -0.25) is 4.79 Å². The Bertz CT molecular complexity index is 941. The molecule has 2 aromatic carbocycles. The lowest BCUT2D eigenvalue weighted by Crippen LogP contribution is -2.43. The minimum absolute atomic E-state index is 0.211. The van der Waals surface area contributed by atoms with Crippen LogP contribution in [-0.4, -0.2) is 23.0 Å². The number of allylic oxidation sites excluding steroid dienone is 1. The molecule has 160 valence electrons. The van der Waals surface area contributed by atoms with Crippen molar-refractivity contribution in [3.63, 3.8) is 0 Å². The summed E-state index contributed by atoms with van der Waals surface area (Å²) in [6.07, 6.45) is 3.15. The molecule has 0 N–H and O–H groups in total. The van der Waals surface area contributed by atoms with Gasteiger partial charge in [-0.2, -0.15) is 0 Å². The largest absolute Gasteiger partial charge is 0.476 e. The topological polar surface area (TPSA) is 52.6 Å². The van der Waals surface area contributed by atoms with Crippen LogP contribution in [0, 0.1) is 19.7 Å². The van der Waals surface area contributed by atoms with Gasteiger partial charge in [0.2, 0.25) is 0 Å². The van der Waals surface area contributed by atoms with E-state index < -0.39 is 17.2 Å². The van der Waals surface area contributed by atoms with Crippen molar-refractivity contribution < 1.29 is 23.5 Å². The molecule has 5 heteroatoms. The van der Waals surface area contributed by atoms with E-state index in [9.17, 15) is 14.0 Å². The number of ether oxygens (including phenoxy) is 2. The van der Waals surface area contributed by atoms with E-state index in [1.807, 2.05) is 46.8 Å². The summed E-state index contributed by atoms with van der Waals surface area (Å²) < 4.78 is 24.5. The Morgan fingerprint density at radius 2 is 1.47 bits per heavy atom. The van der Waals surface area contributed by atoms with E-state index in [1.165, 1.54) is 30.3 Å². The predicted octanol–water partition coefficient (Wildman–Crippen LogP) is 5.84. The van der Waals surface area contributed by atoms with Crippen molar-refractivity contribution in [2.24, 2.45) is 0 Å². The zero-order valence-corrected chi connectivity index (χ0v) is 18.6. The van der Waals surface area contributed by atoms with E-state index in [2.05, 4.69) is 0 Å². The molecule has 0 unspecified atom stereocenters. The van der Waals surface area contributed by atoms with Crippen molar-refractivity contribution in [2.45, 2.75) is 59.7 Å². The normalized spacial score (nSPS) is 12.1. The van der Waals surface area contributed by atoms with Crippen molar-refractivity contribution in [3.8, 4) is 5.75 Å². The third-order valence-corrected chi connectivity index (χ3v) is 4.29. The molecule has 4 nitrogen and oxygen atoms in total. The highest BCUT2D eigenvalue weighted by atomic mass is 19.1. The quantitative estimate of drug-likeness (QED) is 0.340. The molecular formula is C25H29FO4. The molecule has 2 aromatic rings. The van der Waals surface area contributed by atoms with Crippen molar-refractivity contribution in [1.29, 1.82) is 0 Å². The zero-order valence-electron chi connectivity index (χ0n) is 18.6. The number of benzene rings is 2. The summed E-state index contributed by atoms with van der Waals surface area (Å²) in [6, 6.07) is 9.17. The molecule has 0 heterocycles. The Morgan fingerprint density at radius 3 is 1.97 bits per heavy atom. The second-order valence-electron chi connectivity index (χ2n) is 8.80. The Kier molecular flexibility index (Phi) is 6.86. The highest BCUT2D eigenvalue weighted by Crippen LogP contribution is 2.30. The fourth-order valence-electron chi connectivity index (χ4n) is 2.82. The summed E-state index contributed by atoms with van der Waals surface area (Å²) in [5.74, 6) is -0.432. The Balaban J connectivity index is 2.19. The Labute approximate surface area is 177 Å². The summed E-state index contributed by atoms with van der Waals surface area (Å²) >= 11 is 0. The van der Waals surface area contributed by atoms with Gasteiger partial charge in [-0.05, 0) is 108 Å². The van der Waals surface area contributed by atoms with Crippen LogP contribution in [0.2, 0.25) is 0 Å². The van der Waals surface area contributed by atoms with Gasteiger partial charge in [0.15, 0.2) is 11.4 Å². The molecule has 0 amide bonds. The second kappa shape index (κ2) is 8.82. The monoisotopic (exact) mass is 412 g/mol. The van der Waals surface area contributed by atoms with Gasteiger partial charge in [0, 0.05) is 5.56 Å². The molecule has 0 aliphatic rings. The minimum atomic E-state index is -1.15. The number of hydrogen-bond donors (Lipinski definition) is 0. The third-order valence-electron chi connectivity index (χ3n) is 4.29. The van der Waals surface area contributed by atoms with E-state index in [-0.39, 0.29) is 11.6 Å². The lowest BCUT2D eigenvalue weighted by atomic mass is 10.0. The molecular weight excluding hydrogens is 383 g/mol. The highest BCUT2D eigenvalue weighted by molar-refractivity contribution is 6.06. The fourth-order valence-corrected chi connectivity index (χ4v) is 2.82. The van der Waals surface area contributed by atoms with Gasteiger partial charge in [-0.25, -0.2) is 9.18 Å². The number of esters is 1. The maximum absolute atomic E-state index is 13.0. The molecule has 0 aliphatic carbocycles. The third kappa shape index (κ3) is 6.28. The van der Waals surface area contributed by atoms with Gasteiger partial charge < -0.3 is 9.47 Å². The van der Waals surface area contributed by atoms with Gasteiger partial charge >= 0.3 is 5.97 Å². The van der Waals surface area contributed by atoms with E-state index >= 15 is 0 Å². The van der Waals surface area contributed by atoms with Gasteiger partial charge in [0.1, 0.15) is 17.2 Å². The Hall–Kier alpha value is -2.95. The van der Waals surface area contributed by atoms with Gasteiger partial charge in [0.05, 0.1) is 0 Å². The molecule has 0 bridgehead atoms. The standard InChI is InChI=1S/C25H29FO4/c1-16-14-18(8-13-21(27)19-9-11-20(26)12-10-19)15-17(2)22(16)29-25(6,7)23(28)30-24(3,4)5/h8-15H,1-7H3/b13-8+. The maximum atomic E-state index is 13.0. The predicted molar refractivity (Wildman–Crippen MR) is 116 cm³/mol. The van der Waals surface area contributed by atoms with Crippen molar-refractivity contribution in [1.82, 2.24) is 0 Å². The lowest BCUT2D eigenvalue weighted by Gasteiger charge is -2.30. The van der Waals surface area contributed by atoms with Gasteiger partial charge in [-0.15, -0.1) is 0 Å². The summed E-state index contributed by atoms with van der Waals surface area (Å²) in [7, 11) is 0. The van der Waals surface area contributed by atoms with Crippen molar-refractivity contribution >= 4 is 17.8 Å². The molecule has 0 fully saturated rings. The minimum Gasteiger partial charge on any atom is -0.476 e. The summed E-state index contributed by atoms with van der Waals surface area (Å²) in [5.41, 5.74) is 1.15. The number of rotatable bonds is 6. The zero-order chi connectivity index (χ0) is 22.7. The second-order valence-corrected chi connectivity index (χ2v) is 8.80. The molecule has 0 aromatic heterocycles. The average Bonchev–Trinajstić information content (AvgIpc) is 2.62. The number of halogens is 1. The van der Waals surface area contributed by atoms with Crippen LogP contribution in [0.1, 0.15) is 61.7 Å². The first-order chi connectivity index (χ1) is 13.8. The van der Waals surface area contributed by atoms with Crippen LogP contribution < -0.4 is 4.74 Å². The number of aryl methyl sites for hydroxylation is 2. The average molecular weight is 413 g/mol. The van der Waals surface area contributed by atoms with E-state index in [1.54, 1.807) is 19.9 Å².